The first-order valence-corrected chi connectivity index (χ1v) is 5.89. The predicted molar refractivity (Wildman–Crippen MR) is 62.1 cm³/mol. The van der Waals surface area contributed by atoms with Gasteiger partial charge < -0.3 is 10.5 Å². The maximum Gasteiger partial charge on any atom is 0.317 e. The Bertz CT molecular complexity index is 415. The Morgan fingerprint density at radius 1 is 1.47 bits per heavy atom. The first kappa shape index (κ1) is 11.8. The van der Waals surface area contributed by atoms with E-state index in [4.69, 9.17) is 15.7 Å². The minimum absolute atomic E-state index is 0.284. The molecule has 5 heteroatoms. The van der Waals surface area contributed by atoms with Gasteiger partial charge in [-0.2, -0.15) is 10.2 Å². The van der Waals surface area contributed by atoms with Crippen molar-refractivity contribution in [2.75, 3.05) is 13.2 Å². The molecule has 2 N–H and O–H groups in total. The molecule has 0 spiro atoms. The molecule has 1 aromatic rings. The van der Waals surface area contributed by atoms with E-state index in [0.717, 1.165) is 6.42 Å². The number of nitrogens with zero attached hydrogens (tertiary/aromatic N) is 3. The first-order valence-electron chi connectivity index (χ1n) is 5.89. The third-order valence-corrected chi connectivity index (χ3v) is 3.29. The zero-order valence-electron chi connectivity index (χ0n) is 9.67. The molecular weight excluding hydrogens is 216 g/mol. The summed E-state index contributed by atoms with van der Waals surface area (Å²) >= 11 is 0. The number of nitriles is 1. The van der Waals surface area contributed by atoms with Crippen LogP contribution in [-0.4, -0.2) is 23.1 Å². The Kier molecular flexibility index (Phi) is 3.89. The van der Waals surface area contributed by atoms with Crippen LogP contribution in [-0.2, 0) is 0 Å². The summed E-state index contributed by atoms with van der Waals surface area (Å²) in [6.45, 7) is 1.31. The van der Waals surface area contributed by atoms with Gasteiger partial charge in [0.25, 0.3) is 0 Å². The lowest BCUT2D eigenvalue weighted by molar-refractivity contribution is 0.203. The zero-order chi connectivity index (χ0) is 12.1. The molecular formula is C12H16N4O. The maximum atomic E-state index is 8.71. The fourth-order valence-corrected chi connectivity index (χ4v) is 2.30. The van der Waals surface area contributed by atoms with E-state index < -0.39 is 0 Å². The van der Waals surface area contributed by atoms with Crippen LogP contribution >= 0.6 is 0 Å². The molecule has 0 aromatic carbocycles. The van der Waals surface area contributed by atoms with Crippen LogP contribution in [0.4, 0.5) is 0 Å². The molecule has 1 fully saturated rings. The normalized spacial score (nSPS) is 23.3. The fourth-order valence-electron chi connectivity index (χ4n) is 2.30. The second-order valence-electron chi connectivity index (χ2n) is 4.33. The van der Waals surface area contributed by atoms with Gasteiger partial charge in [0.1, 0.15) is 11.8 Å². The molecule has 2 atom stereocenters. The topological polar surface area (TPSA) is 84.8 Å². The third kappa shape index (κ3) is 2.92. The molecule has 0 radical (unpaired) electrons. The van der Waals surface area contributed by atoms with Crippen LogP contribution in [0.3, 0.4) is 0 Å². The summed E-state index contributed by atoms with van der Waals surface area (Å²) in [6, 6.07) is 3.81. The molecule has 2 rings (SSSR count). The molecule has 1 aliphatic rings. The molecule has 1 heterocycles. The van der Waals surface area contributed by atoms with Gasteiger partial charge in [0.15, 0.2) is 0 Å². The molecule has 2 unspecified atom stereocenters. The van der Waals surface area contributed by atoms with Gasteiger partial charge in [0.2, 0.25) is 0 Å². The second-order valence-corrected chi connectivity index (χ2v) is 4.33. The van der Waals surface area contributed by atoms with Crippen molar-refractivity contribution in [1.29, 1.82) is 5.26 Å². The average Bonchev–Trinajstić information content (AvgIpc) is 2.84. The van der Waals surface area contributed by atoms with Crippen molar-refractivity contribution >= 4 is 0 Å². The first-order chi connectivity index (χ1) is 8.33. The van der Waals surface area contributed by atoms with E-state index in [0.29, 0.717) is 30.7 Å². The Balaban J connectivity index is 1.91. The Morgan fingerprint density at radius 3 is 3.06 bits per heavy atom. The molecule has 0 aliphatic heterocycles. The molecule has 1 saturated carbocycles. The molecule has 17 heavy (non-hydrogen) atoms. The number of aromatic nitrogens is 2. The lowest BCUT2D eigenvalue weighted by atomic mass is 9.97. The summed E-state index contributed by atoms with van der Waals surface area (Å²) in [5, 5.41) is 8.71. The molecule has 90 valence electrons. The Labute approximate surface area is 101 Å². The van der Waals surface area contributed by atoms with E-state index in [9.17, 15) is 0 Å². The van der Waals surface area contributed by atoms with Crippen LogP contribution in [0.1, 0.15) is 25.0 Å². The van der Waals surface area contributed by atoms with Crippen molar-refractivity contribution in [2.24, 2.45) is 17.6 Å². The number of hydrogen-bond donors (Lipinski definition) is 1. The Hall–Kier alpha value is -1.67. The zero-order valence-corrected chi connectivity index (χ0v) is 9.67. The van der Waals surface area contributed by atoms with Gasteiger partial charge >= 0.3 is 6.01 Å². The number of ether oxygens (including phenoxy) is 1. The molecule has 0 bridgehead atoms. The van der Waals surface area contributed by atoms with Crippen molar-refractivity contribution in [3.05, 3.63) is 18.0 Å². The van der Waals surface area contributed by atoms with E-state index in [1.165, 1.54) is 19.0 Å². The van der Waals surface area contributed by atoms with Crippen LogP contribution < -0.4 is 10.5 Å². The number of rotatable bonds is 4. The van der Waals surface area contributed by atoms with Crippen molar-refractivity contribution in [1.82, 2.24) is 9.97 Å². The SMILES string of the molecule is N#Cc1ccnc(OCC2CCCC2CN)n1. The number of nitrogens with two attached hydrogens (primary N) is 1. The van der Waals surface area contributed by atoms with Crippen LogP contribution in [0.15, 0.2) is 12.3 Å². The fraction of sp³-hybridized carbons (Fsp3) is 0.583. The standard InChI is InChI=1S/C12H16N4O/c13-6-9-2-1-3-10(9)8-17-12-15-5-4-11(7-14)16-12/h4-5,9-10H,1-3,6,8,13H2. The van der Waals surface area contributed by atoms with Crippen LogP contribution in [0, 0.1) is 23.2 Å². The lowest BCUT2D eigenvalue weighted by Crippen LogP contribution is -2.23. The second kappa shape index (κ2) is 5.60. The van der Waals surface area contributed by atoms with E-state index >= 15 is 0 Å². The summed E-state index contributed by atoms with van der Waals surface area (Å²) in [4.78, 5) is 7.96. The smallest absolute Gasteiger partial charge is 0.317 e. The van der Waals surface area contributed by atoms with Crippen LogP contribution in [0.2, 0.25) is 0 Å². The van der Waals surface area contributed by atoms with E-state index in [1.54, 1.807) is 6.07 Å². The summed E-state index contributed by atoms with van der Waals surface area (Å²) in [5.74, 6) is 1.04. The highest BCUT2D eigenvalue weighted by Gasteiger charge is 2.26. The van der Waals surface area contributed by atoms with Crippen molar-refractivity contribution in [3.8, 4) is 12.1 Å². The molecule has 0 saturated heterocycles. The third-order valence-electron chi connectivity index (χ3n) is 3.29. The van der Waals surface area contributed by atoms with E-state index in [1.807, 2.05) is 6.07 Å². The predicted octanol–water partition coefficient (Wildman–Crippen LogP) is 1.10. The van der Waals surface area contributed by atoms with Gasteiger partial charge in [0.05, 0.1) is 6.61 Å². The van der Waals surface area contributed by atoms with Gasteiger partial charge in [-0.05, 0) is 37.3 Å². The number of hydrogen-bond acceptors (Lipinski definition) is 5. The van der Waals surface area contributed by atoms with E-state index in [2.05, 4.69) is 9.97 Å². The van der Waals surface area contributed by atoms with Gasteiger partial charge in [-0.1, -0.05) is 6.42 Å². The maximum absolute atomic E-state index is 8.71. The Morgan fingerprint density at radius 2 is 2.29 bits per heavy atom. The van der Waals surface area contributed by atoms with Crippen molar-refractivity contribution in [3.63, 3.8) is 0 Å². The summed E-state index contributed by atoms with van der Waals surface area (Å²) in [6.07, 6.45) is 5.09. The summed E-state index contributed by atoms with van der Waals surface area (Å²) in [5.41, 5.74) is 6.04. The molecule has 1 aromatic heterocycles. The largest absolute Gasteiger partial charge is 0.463 e. The van der Waals surface area contributed by atoms with E-state index in [-0.39, 0.29) is 6.01 Å². The highest BCUT2D eigenvalue weighted by atomic mass is 16.5. The summed E-state index contributed by atoms with van der Waals surface area (Å²) < 4.78 is 5.54. The van der Waals surface area contributed by atoms with Gasteiger partial charge in [-0.15, -0.1) is 0 Å². The van der Waals surface area contributed by atoms with Crippen LogP contribution in [0.25, 0.3) is 0 Å². The van der Waals surface area contributed by atoms with Crippen molar-refractivity contribution < 1.29 is 4.74 Å². The quantitative estimate of drug-likeness (QED) is 0.840. The minimum atomic E-state index is 0.284. The highest BCUT2D eigenvalue weighted by molar-refractivity contribution is 5.19. The minimum Gasteiger partial charge on any atom is -0.463 e. The monoisotopic (exact) mass is 232 g/mol. The summed E-state index contributed by atoms with van der Waals surface area (Å²) in [7, 11) is 0. The molecule has 1 aliphatic carbocycles. The molecule has 0 amide bonds. The molecule has 5 nitrogen and oxygen atoms in total. The highest BCUT2D eigenvalue weighted by Crippen LogP contribution is 2.30. The lowest BCUT2D eigenvalue weighted by Gasteiger charge is -2.17. The van der Waals surface area contributed by atoms with Gasteiger partial charge in [0, 0.05) is 6.20 Å². The van der Waals surface area contributed by atoms with Gasteiger partial charge in [-0.3, -0.25) is 0 Å². The van der Waals surface area contributed by atoms with Crippen LogP contribution in [0.5, 0.6) is 6.01 Å². The van der Waals surface area contributed by atoms with Crippen molar-refractivity contribution in [2.45, 2.75) is 19.3 Å². The van der Waals surface area contributed by atoms with Gasteiger partial charge in [-0.25, -0.2) is 4.98 Å². The average molecular weight is 232 g/mol.